The quantitative estimate of drug-likeness (QED) is 0.349. The van der Waals surface area contributed by atoms with Crippen molar-refractivity contribution in [3.8, 4) is 5.75 Å². The van der Waals surface area contributed by atoms with Crippen LogP contribution in [0.2, 0.25) is 0 Å². The maximum absolute atomic E-state index is 12.9. The van der Waals surface area contributed by atoms with Crippen molar-refractivity contribution < 1.29 is 29.0 Å². The number of aliphatic imine (C=N–C) groups is 1. The second-order valence-electron chi connectivity index (χ2n) is 9.53. The zero-order valence-corrected chi connectivity index (χ0v) is 22.6. The number of piperazine rings is 1. The molecule has 0 saturated carbocycles. The first kappa shape index (κ1) is 28.5. The predicted molar refractivity (Wildman–Crippen MR) is 151 cm³/mol. The Kier molecular flexibility index (Phi) is 10.0. The zero-order valence-electron chi connectivity index (χ0n) is 22.6. The van der Waals surface area contributed by atoms with Crippen LogP contribution in [-0.4, -0.2) is 86.4 Å². The number of carbonyl (C=O) groups is 3. The maximum atomic E-state index is 12.9. The van der Waals surface area contributed by atoms with Gasteiger partial charge in [0.1, 0.15) is 18.4 Å². The predicted octanol–water partition coefficient (Wildman–Crippen LogP) is 2.26. The highest BCUT2D eigenvalue weighted by Crippen LogP contribution is 2.32. The molecule has 0 aliphatic carbocycles. The van der Waals surface area contributed by atoms with Crippen molar-refractivity contribution in [3.05, 3.63) is 54.1 Å². The Labute approximate surface area is 233 Å². The van der Waals surface area contributed by atoms with Crippen LogP contribution in [0.1, 0.15) is 24.8 Å². The lowest BCUT2D eigenvalue weighted by Crippen LogP contribution is -2.49. The van der Waals surface area contributed by atoms with E-state index < -0.39 is 18.1 Å². The van der Waals surface area contributed by atoms with Gasteiger partial charge in [-0.25, -0.2) is 9.59 Å². The highest BCUT2D eigenvalue weighted by molar-refractivity contribution is 5.94. The van der Waals surface area contributed by atoms with Crippen LogP contribution in [0.3, 0.4) is 0 Å². The van der Waals surface area contributed by atoms with Crippen LogP contribution in [0, 0.1) is 0 Å². The molecular weight excluding hydrogens is 516 g/mol. The zero-order chi connectivity index (χ0) is 28.3. The van der Waals surface area contributed by atoms with E-state index in [0.717, 1.165) is 48.2 Å². The number of amides is 2. The molecule has 2 aromatic carbocycles. The molecule has 0 radical (unpaired) electrons. The number of methoxy groups -OCH3 is 1. The molecule has 2 heterocycles. The average molecular weight is 553 g/mol. The Hall–Kier alpha value is -4.48. The van der Waals surface area contributed by atoms with E-state index in [-0.39, 0.29) is 25.4 Å². The highest BCUT2D eigenvalue weighted by atomic mass is 16.5. The van der Waals surface area contributed by atoms with E-state index >= 15 is 0 Å². The van der Waals surface area contributed by atoms with Crippen LogP contribution in [0.5, 0.6) is 5.75 Å². The van der Waals surface area contributed by atoms with Gasteiger partial charge in [0.15, 0.2) is 5.96 Å². The van der Waals surface area contributed by atoms with E-state index in [2.05, 4.69) is 25.8 Å². The van der Waals surface area contributed by atoms with E-state index in [9.17, 15) is 19.5 Å². The summed E-state index contributed by atoms with van der Waals surface area (Å²) < 4.78 is 10.7. The number of carboxylic acids is 1. The fourth-order valence-electron chi connectivity index (χ4n) is 4.56. The minimum absolute atomic E-state index is 0.00618. The van der Waals surface area contributed by atoms with Crippen molar-refractivity contribution in [1.29, 1.82) is 0 Å². The molecular formula is C28H36N6O6. The van der Waals surface area contributed by atoms with Gasteiger partial charge < -0.3 is 40.3 Å². The first-order valence-electron chi connectivity index (χ1n) is 13.4. The lowest BCUT2D eigenvalue weighted by Gasteiger charge is -2.37. The number of hydrogen-bond donors (Lipinski definition) is 4. The van der Waals surface area contributed by atoms with E-state index in [0.29, 0.717) is 26.2 Å². The summed E-state index contributed by atoms with van der Waals surface area (Å²) in [5, 5.41) is 18.4. The Bertz CT molecular complexity index is 1200. The molecule has 1 fully saturated rings. The minimum atomic E-state index is -1.23. The summed E-state index contributed by atoms with van der Waals surface area (Å²) in [6, 6.07) is 13.7. The molecule has 2 aliphatic heterocycles. The molecule has 2 aromatic rings. The van der Waals surface area contributed by atoms with Gasteiger partial charge in [-0.2, -0.15) is 0 Å². The molecule has 2 aliphatic rings. The third kappa shape index (κ3) is 8.01. The van der Waals surface area contributed by atoms with Crippen LogP contribution < -0.4 is 25.6 Å². The maximum Gasteiger partial charge on any atom is 0.408 e. The average Bonchev–Trinajstić information content (AvgIpc) is 2.99. The van der Waals surface area contributed by atoms with Gasteiger partial charge in [0, 0.05) is 51.4 Å². The number of rotatable bonds is 10. The van der Waals surface area contributed by atoms with E-state index in [1.807, 2.05) is 36.4 Å². The normalized spacial score (nSPS) is 15.8. The van der Waals surface area contributed by atoms with Gasteiger partial charge in [0.2, 0.25) is 5.91 Å². The minimum Gasteiger partial charge on any atom is -0.495 e. The number of nitrogens with one attached hydrogen (secondary N) is 3. The molecule has 1 atom stereocenters. The highest BCUT2D eigenvalue weighted by Gasteiger charge is 2.26. The molecule has 1 saturated heterocycles. The number of hydrogen-bond acceptors (Lipinski definition) is 9. The topological polar surface area (TPSA) is 145 Å². The number of anilines is 2. The largest absolute Gasteiger partial charge is 0.495 e. The smallest absolute Gasteiger partial charge is 0.408 e. The summed E-state index contributed by atoms with van der Waals surface area (Å²) in [5.41, 5.74) is 2.59. The summed E-state index contributed by atoms with van der Waals surface area (Å²) >= 11 is 0. The standard InChI is InChI=1S/C28H36N6O6/c1-39-24-10-8-21(31-27-29-12-5-13-30-27)18-23(24)33-14-16-34(17-15-33)25(35)11-9-22(26(36)37)32-28(38)40-19-20-6-3-2-4-7-20/h2-4,6-8,10,18,22H,5,9,11-17,19H2,1H3,(H,32,38)(H,36,37)(H2,29,30,31)/t22-/m0/s1. The van der Waals surface area contributed by atoms with Gasteiger partial charge in [0.25, 0.3) is 0 Å². The summed E-state index contributed by atoms with van der Waals surface area (Å²) in [6.07, 6.45) is 0.133. The van der Waals surface area contributed by atoms with Crippen LogP contribution in [0.15, 0.2) is 53.5 Å². The molecule has 0 unspecified atom stereocenters. The van der Waals surface area contributed by atoms with Gasteiger partial charge in [-0.1, -0.05) is 30.3 Å². The molecule has 12 nitrogen and oxygen atoms in total. The number of aliphatic carboxylic acids is 1. The molecule has 40 heavy (non-hydrogen) atoms. The molecule has 12 heteroatoms. The van der Waals surface area contributed by atoms with Gasteiger partial charge in [-0.3, -0.25) is 9.79 Å². The SMILES string of the molecule is COc1ccc(NC2=NCCCN2)cc1N1CCN(C(=O)CC[C@H](NC(=O)OCc2ccccc2)C(=O)O)CC1. The molecule has 4 N–H and O–H groups in total. The van der Waals surface area contributed by atoms with Crippen LogP contribution in [-0.2, 0) is 20.9 Å². The molecule has 4 rings (SSSR count). The fraction of sp³-hybridized carbons (Fsp3) is 0.429. The van der Waals surface area contributed by atoms with E-state index in [1.54, 1.807) is 24.1 Å². The first-order chi connectivity index (χ1) is 19.4. The van der Waals surface area contributed by atoms with Crippen LogP contribution in [0.25, 0.3) is 0 Å². The molecule has 0 spiro atoms. The van der Waals surface area contributed by atoms with Gasteiger partial charge in [-0.05, 0) is 36.6 Å². The third-order valence-electron chi connectivity index (χ3n) is 6.76. The van der Waals surface area contributed by atoms with Gasteiger partial charge in [-0.15, -0.1) is 0 Å². The Balaban J connectivity index is 1.26. The Morgan fingerprint density at radius 1 is 1.10 bits per heavy atom. The fourth-order valence-corrected chi connectivity index (χ4v) is 4.56. The van der Waals surface area contributed by atoms with Crippen molar-refractivity contribution in [3.63, 3.8) is 0 Å². The summed E-state index contributed by atoms with van der Waals surface area (Å²) in [6.45, 7) is 3.85. The first-order valence-corrected chi connectivity index (χ1v) is 13.4. The lowest BCUT2D eigenvalue weighted by molar-refractivity contribution is -0.140. The number of carboxylic acid groups (broad SMARTS) is 1. The van der Waals surface area contributed by atoms with Crippen molar-refractivity contribution >= 4 is 35.3 Å². The number of carbonyl (C=O) groups excluding carboxylic acids is 2. The van der Waals surface area contributed by atoms with E-state index in [4.69, 9.17) is 9.47 Å². The molecule has 0 aromatic heterocycles. The Morgan fingerprint density at radius 2 is 1.88 bits per heavy atom. The number of benzene rings is 2. The molecule has 0 bridgehead atoms. The number of nitrogens with zero attached hydrogens (tertiary/aromatic N) is 3. The second-order valence-corrected chi connectivity index (χ2v) is 9.53. The van der Waals surface area contributed by atoms with Crippen molar-refractivity contribution in [2.45, 2.75) is 31.9 Å². The van der Waals surface area contributed by atoms with Crippen LogP contribution >= 0.6 is 0 Å². The van der Waals surface area contributed by atoms with E-state index in [1.165, 1.54) is 0 Å². The monoisotopic (exact) mass is 552 g/mol. The van der Waals surface area contributed by atoms with Gasteiger partial charge in [0.05, 0.1) is 12.8 Å². The van der Waals surface area contributed by atoms with Crippen LogP contribution in [0.4, 0.5) is 16.2 Å². The van der Waals surface area contributed by atoms with Gasteiger partial charge >= 0.3 is 12.1 Å². The summed E-state index contributed by atoms with van der Waals surface area (Å²) in [7, 11) is 1.63. The number of alkyl carbamates (subject to hydrolysis) is 1. The summed E-state index contributed by atoms with van der Waals surface area (Å²) in [4.78, 5) is 45.0. The summed E-state index contributed by atoms with van der Waals surface area (Å²) in [5.74, 6) is 0.105. The lowest BCUT2D eigenvalue weighted by atomic mass is 10.1. The Morgan fingerprint density at radius 3 is 2.55 bits per heavy atom. The van der Waals surface area contributed by atoms with Crippen molar-refractivity contribution in [1.82, 2.24) is 15.5 Å². The van der Waals surface area contributed by atoms with Crippen molar-refractivity contribution in [2.24, 2.45) is 4.99 Å². The second kappa shape index (κ2) is 14.1. The molecule has 214 valence electrons. The molecule has 2 amide bonds. The number of guanidine groups is 1. The number of ether oxygens (including phenoxy) is 2. The van der Waals surface area contributed by atoms with Crippen molar-refractivity contribution in [2.75, 3.05) is 56.6 Å². The third-order valence-corrected chi connectivity index (χ3v) is 6.76.